The second-order valence-corrected chi connectivity index (χ2v) is 9.19. The van der Waals surface area contributed by atoms with Gasteiger partial charge in [-0.3, -0.25) is 4.79 Å². The highest BCUT2D eigenvalue weighted by molar-refractivity contribution is 6.00. The minimum absolute atomic E-state index is 0.0102. The highest BCUT2D eigenvalue weighted by atomic mass is 19.1. The lowest BCUT2D eigenvalue weighted by molar-refractivity contribution is 0.00500. The molecule has 2 bridgehead atoms. The van der Waals surface area contributed by atoms with Crippen LogP contribution in [0.2, 0.25) is 0 Å². The molecule has 2 saturated heterocycles. The number of hydrogen-bond donors (Lipinski definition) is 2. The molecule has 2 N–H and O–H groups in total. The summed E-state index contributed by atoms with van der Waals surface area (Å²) in [7, 11) is 0. The fourth-order valence-corrected chi connectivity index (χ4v) is 4.61. The number of nitrogens with one attached hydrogen (secondary N) is 2. The van der Waals surface area contributed by atoms with Gasteiger partial charge in [-0.15, -0.1) is 0 Å². The van der Waals surface area contributed by atoms with Crippen LogP contribution >= 0.6 is 0 Å². The van der Waals surface area contributed by atoms with E-state index in [2.05, 4.69) is 10.3 Å². The van der Waals surface area contributed by atoms with E-state index in [9.17, 15) is 14.0 Å². The number of amides is 2. The van der Waals surface area contributed by atoms with E-state index >= 15 is 0 Å². The van der Waals surface area contributed by atoms with Crippen molar-refractivity contribution in [3.05, 3.63) is 47.9 Å². The van der Waals surface area contributed by atoms with Gasteiger partial charge in [0.15, 0.2) is 0 Å². The van der Waals surface area contributed by atoms with E-state index < -0.39 is 5.60 Å². The Hall–Kier alpha value is -2.83. The molecule has 1 aromatic heterocycles. The standard InChI is InChI=1S/C23H28FN3O3/c1-23(2,3)30-22(29)27-17-7-8-18(27)13-16(12-17)26-21(28)19-9-10-25-20(19)14-5-4-6-15(24)11-14/h4-6,9-11,16-18,25H,7-8,12-13H2,1-3H3,(H,26,28). The first-order valence-corrected chi connectivity index (χ1v) is 10.5. The molecule has 2 fully saturated rings. The van der Waals surface area contributed by atoms with Crippen molar-refractivity contribution >= 4 is 12.0 Å². The maximum atomic E-state index is 13.6. The number of nitrogens with zero attached hydrogens (tertiary/aromatic N) is 1. The van der Waals surface area contributed by atoms with Crippen LogP contribution in [0.5, 0.6) is 0 Å². The third-order valence-corrected chi connectivity index (χ3v) is 5.78. The number of aromatic nitrogens is 1. The van der Waals surface area contributed by atoms with Crippen molar-refractivity contribution < 1.29 is 18.7 Å². The third kappa shape index (κ3) is 4.20. The number of ether oxygens (including phenoxy) is 1. The minimum Gasteiger partial charge on any atom is -0.444 e. The average molecular weight is 413 g/mol. The lowest BCUT2D eigenvalue weighted by atomic mass is 9.97. The molecule has 6 nitrogen and oxygen atoms in total. The molecule has 0 radical (unpaired) electrons. The smallest absolute Gasteiger partial charge is 0.410 e. The second-order valence-electron chi connectivity index (χ2n) is 9.19. The third-order valence-electron chi connectivity index (χ3n) is 5.78. The van der Waals surface area contributed by atoms with E-state index in [4.69, 9.17) is 4.74 Å². The van der Waals surface area contributed by atoms with Crippen molar-refractivity contribution in [1.82, 2.24) is 15.2 Å². The van der Waals surface area contributed by atoms with Crippen molar-refractivity contribution in [2.24, 2.45) is 0 Å². The van der Waals surface area contributed by atoms with Gasteiger partial charge >= 0.3 is 6.09 Å². The Morgan fingerprint density at radius 2 is 1.87 bits per heavy atom. The van der Waals surface area contributed by atoms with E-state index in [0.29, 0.717) is 29.7 Å². The topological polar surface area (TPSA) is 74.4 Å². The van der Waals surface area contributed by atoms with Crippen LogP contribution in [-0.4, -0.2) is 45.6 Å². The van der Waals surface area contributed by atoms with Gasteiger partial charge in [0.1, 0.15) is 11.4 Å². The van der Waals surface area contributed by atoms with Gasteiger partial charge in [-0.1, -0.05) is 12.1 Å². The number of carbonyl (C=O) groups is 2. The van der Waals surface area contributed by atoms with Crippen molar-refractivity contribution in [2.75, 3.05) is 0 Å². The van der Waals surface area contributed by atoms with Crippen LogP contribution in [0.15, 0.2) is 36.5 Å². The first-order chi connectivity index (χ1) is 14.2. The summed E-state index contributed by atoms with van der Waals surface area (Å²) >= 11 is 0. The predicted molar refractivity (Wildman–Crippen MR) is 112 cm³/mol. The van der Waals surface area contributed by atoms with Gasteiger partial charge in [0.25, 0.3) is 5.91 Å². The van der Waals surface area contributed by atoms with Crippen LogP contribution in [0.4, 0.5) is 9.18 Å². The zero-order chi connectivity index (χ0) is 21.5. The summed E-state index contributed by atoms with van der Waals surface area (Å²) in [5.74, 6) is -0.537. The van der Waals surface area contributed by atoms with Gasteiger partial charge in [-0.05, 0) is 64.7 Å². The van der Waals surface area contributed by atoms with Crippen molar-refractivity contribution in [3.63, 3.8) is 0 Å². The highest BCUT2D eigenvalue weighted by Crippen LogP contribution is 2.37. The van der Waals surface area contributed by atoms with Gasteiger partial charge in [-0.25, -0.2) is 9.18 Å². The van der Waals surface area contributed by atoms with Gasteiger partial charge in [0.2, 0.25) is 0 Å². The molecule has 0 aliphatic carbocycles. The van der Waals surface area contributed by atoms with Crippen molar-refractivity contribution in [1.29, 1.82) is 0 Å². The molecule has 4 rings (SSSR count). The summed E-state index contributed by atoms with van der Waals surface area (Å²) in [6.07, 6.45) is 4.69. The summed E-state index contributed by atoms with van der Waals surface area (Å²) in [5.41, 5.74) is 1.19. The van der Waals surface area contributed by atoms with E-state index in [0.717, 1.165) is 12.8 Å². The molecule has 2 aliphatic rings. The lowest BCUT2D eigenvalue weighted by Crippen LogP contribution is -2.53. The van der Waals surface area contributed by atoms with Gasteiger partial charge < -0.3 is 19.9 Å². The molecule has 2 aromatic rings. The molecular formula is C23H28FN3O3. The van der Waals surface area contributed by atoms with Crippen LogP contribution in [0.1, 0.15) is 56.8 Å². The van der Waals surface area contributed by atoms with Crippen molar-refractivity contribution in [3.8, 4) is 11.3 Å². The molecule has 7 heteroatoms. The molecule has 2 amide bonds. The molecule has 2 atom stereocenters. The van der Waals surface area contributed by atoms with Gasteiger partial charge in [-0.2, -0.15) is 0 Å². The molecule has 0 saturated carbocycles. The largest absolute Gasteiger partial charge is 0.444 e. The normalized spacial score (nSPS) is 23.3. The molecular weight excluding hydrogens is 385 g/mol. The molecule has 3 heterocycles. The first kappa shape index (κ1) is 20.4. The number of carbonyl (C=O) groups excluding carboxylic acids is 2. The molecule has 160 valence electrons. The summed E-state index contributed by atoms with van der Waals surface area (Å²) in [6.45, 7) is 5.60. The number of piperidine rings is 1. The van der Waals surface area contributed by atoms with Crippen molar-refractivity contribution in [2.45, 2.75) is 70.2 Å². The lowest BCUT2D eigenvalue weighted by Gasteiger charge is -2.39. The summed E-state index contributed by atoms with van der Waals surface area (Å²) in [6, 6.07) is 8.03. The Bertz CT molecular complexity index is 935. The summed E-state index contributed by atoms with van der Waals surface area (Å²) in [5, 5.41) is 3.12. The Morgan fingerprint density at radius 3 is 2.50 bits per heavy atom. The second kappa shape index (κ2) is 7.78. The monoisotopic (exact) mass is 413 g/mol. The Labute approximate surface area is 175 Å². The average Bonchev–Trinajstić information content (AvgIpc) is 3.24. The number of aromatic amines is 1. The molecule has 30 heavy (non-hydrogen) atoms. The number of hydrogen-bond acceptors (Lipinski definition) is 3. The zero-order valence-electron chi connectivity index (χ0n) is 17.6. The van der Waals surface area contributed by atoms with E-state index in [1.54, 1.807) is 24.4 Å². The SMILES string of the molecule is CC(C)(C)OC(=O)N1C2CCC1CC(NC(=O)c1cc[nH]c1-c1cccc(F)c1)C2. The number of rotatable bonds is 3. The Balaban J connectivity index is 1.43. The number of benzene rings is 1. The molecule has 2 unspecified atom stereocenters. The van der Waals surface area contributed by atoms with Gasteiger partial charge in [0.05, 0.1) is 11.3 Å². The summed E-state index contributed by atoms with van der Waals surface area (Å²) < 4.78 is 19.2. The minimum atomic E-state index is -0.525. The van der Waals surface area contributed by atoms with Crippen LogP contribution in [0.25, 0.3) is 11.3 Å². The first-order valence-electron chi connectivity index (χ1n) is 10.5. The van der Waals surface area contributed by atoms with Gasteiger partial charge in [0, 0.05) is 29.9 Å². The maximum absolute atomic E-state index is 13.6. The van der Waals surface area contributed by atoms with Crippen LogP contribution in [0.3, 0.4) is 0 Å². The maximum Gasteiger partial charge on any atom is 0.410 e. The number of H-pyrrole nitrogens is 1. The molecule has 2 aliphatic heterocycles. The van der Waals surface area contributed by atoms with E-state index in [1.807, 2.05) is 25.7 Å². The Morgan fingerprint density at radius 1 is 1.17 bits per heavy atom. The highest BCUT2D eigenvalue weighted by Gasteiger charge is 2.45. The number of halogens is 1. The zero-order valence-corrected chi connectivity index (χ0v) is 17.6. The van der Waals surface area contributed by atoms with Crippen LogP contribution in [-0.2, 0) is 4.74 Å². The summed E-state index contributed by atoms with van der Waals surface area (Å²) in [4.78, 5) is 30.5. The van der Waals surface area contributed by atoms with Crippen LogP contribution < -0.4 is 5.32 Å². The molecule has 0 spiro atoms. The fraction of sp³-hybridized carbons (Fsp3) is 0.478. The Kier molecular flexibility index (Phi) is 5.30. The fourth-order valence-electron chi connectivity index (χ4n) is 4.61. The quantitative estimate of drug-likeness (QED) is 0.779. The molecule has 1 aromatic carbocycles. The van der Waals surface area contributed by atoms with E-state index in [-0.39, 0.29) is 35.9 Å². The number of fused-ring (bicyclic) bond motifs is 2. The van der Waals surface area contributed by atoms with E-state index in [1.165, 1.54) is 12.1 Å². The predicted octanol–water partition coefficient (Wildman–Crippen LogP) is 4.48. The van der Waals surface area contributed by atoms with Crippen LogP contribution in [0, 0.1) is 5.82 Å².